The number of benzene rings is 2. The van der Waals surface area contributed by atoms with Gasteiger partial charge in [-0.3, -0.25) is 9.59 Å². The van der Waals surface area contributed by atoms with Crippen LogP contribution in [0.3, 0.4) is 0 Å². The number of carbonyl (C=O) groups excluding carboxylic acids is 2. The fraction of sp³-hybridized carbons (Fsp3) is 0.440. The van der Waals surface area contributed by atoms with Crippen molar-refractivity contribution in [1.29, 1.82) is 0 Å². The van der Waals surface area contributed by atoms with Gasteiger partial charge in [-0.25, -0.2) is 0 Å². The quantitative estimate of drug-likeness (QED) is 0.827. The predicted molar refractivity (Wildman–Crippen MR) is 117 cm³/mol. The first-order valence-electron chi connectivity index (χ1n) is 10.4. The van der Waals surface area contributed by atoms with E-state index in [0.717, 1.165) is 24.0 Å². The molecule has 0 aromatic heterocycles. The van der Waals surface area contributed by atoms with Crippen LogP contribution in [-0.2, 0) is 5.41 Å². The summed E-state index contributed by atoms with van der Waals surface area (Å²) >= 11 is 0. The van der Waals surface area contributed by atoms with Crippen molar-refractivity contribution in [2.24, 2.45) is 0 Å². The van der Waals surface area contributed by atoms with Gasteiger partial charge in [0.05, 0.1) is 0 Å². The maximum absolute atomic E-state index is 12.8. The molecule has 29 heavy (non-hydrogen) atoms. The number of carbonyl (C=O) groups is 2. The molecule has 1 heterocycles. The molecule has 0 saturated carbocycles. The average Bonchev–Trinajstić information content (AvgIpc) is 2.69. The Labute approximate surface area is 174 Å². The van der Waals surface area contributed by atoms with Crippen molar-refractivity contribution in [1.82, 2.24) is 10.2 Å². The molecule has 2 aromatic carbocycles. The van der Waals surface area contributed by atoms with Gasteiger partial charge in [0.25, 0.3) is 11.8 Å². The van der Waals surface area contributed by atoms with Gasteiger partial charge in [-0.15, -0.1) is 0 Å². The van der Waals surface area contributed by atoms with E-state index < -0.39 is 0 Å². The van der Waals surface area contributed by atoms with Crippen LogP contribution in [0.5, 0.6) is 0 Å². The van der Waals surface area contributed by atoms with Crippen LogP contribution in [0.25, 0.3) is 0 Å². The Hall–Kier alpha value is -2.62. The third kappa shape index (κ3) is 5.06. The van der Waals surface area contributed by atoms with Crippen LogP contribution in [0.15, 0.2) is 42.5 Å². The standard InChI is InChI=1S/C25H32N2O2/c1-17-6-7-20(16-18(17)2)24(29)27-14-12-22(13-15-27)26-23(28)19-8-10-21(11-9-19)25(3,4)5/h6-11,16,22H,12-15H2,1-5H3,(H,26,28). The number of amides is 2. The lowest BCUT2D eigenvalue weighted by atomic mass is 9.86. The highest BCUT2D eigenvalue weighted by Crippen LogP contribution is 2.22. The normalized spacial score (nSPS) is 15.3. The Morgan fingerprint density at radius 1 is 0.897 bits per heavy atom. The minimum atomic E-state index is -0.0376. The zero-order chi connectivity index (χ0) is 21.2. The van der Waals surface area contributed by atoms with Crippen molar-refractivity contribution < 1.29 is 9.59 Å². The zero-order valence-electron chi connectivity index (χ0n) is 18.2. The number of likely N-dealkylation sites (tertiary alicyclic amines) is 1. The lowest BCUT2D eigenvalue weighted by Gasteiger charge is -2.32. The fourth-order valence-electron chi connectivity index (χ4n) is 3.67. The molecule has 0 unspecified atom stereocenters. The van der Waals surface area contributed by atoms with Gasteiger partial charge < -0.3 is 10.2 Å². The second-order valence-corrected chi connectivity index (χ2v) is 9.17. The molecule has 4 nitrogen and oxygen atoms in total. The summed E-state index contributed by atoms with van der Waals surface area (Å²) in [6, 6.07) is 13.8. The molecule has 154 valence electrons. The maximum Gasteiger partial charge on any atom is 0.253 e. The van der Waals surface area contributed by atoms with E-state index in [4.69, 9.17) is 0 Å². The molecular formula is C25H32N2O2. The highest BCUT2D eigenvalue weighted by molar-refractivity contribution is 5.95. The molecule has 1 fully saturated rings. The SMILES string of the molecule is Cc1ccc(C(=O)N2CCC(NC(=O)c3ccc(C(C)(C)C)cc3)CC2)cc1C. The topological polar surface area (TPSA) is 49.4 Å². The molecule has 2 amide bonds. The Bertz CT molecular complexity index is 886. The van der Waals surface area contributed by atoms with Crippen molar-refractivity contribution in [2.75, 3.05) is 13.1 Å². The Balaban J connectivity index is 1.54. The molecule has 4 heteroatoms. The van der Waals surface area contributed by atoms with Gasteiger partial charge in [0.1, 0.15) is 0 Å². The molecule has 1 saturated heterocycles. The van der Waals surface area contributed by atoms with Crippen LogP contribution < -0.4 is 5.32 Å². The Kier molecular flexibility index (Phi) is 6.11. The number of hydrogen-bond donors (Lipinski definition) is 1. The summed E-state index contributed by atoms with van der Waals surface area (Å²) in [4.78, 5) is 27.2. The van der Waals surface area contributed by atoms with E-state index in [1.165, 1.54) is 11.1 Å². The summed E-state index contributed by atoms with van der Waals surface area (Å²) in [6.07, 6.45) is 1.56. The minimum Gasteiger partial charge on any atom is -0.349 e. The molecule has 1 aliphatic heterocycles. The van der Waals surface area contributed by atoms with Gasteiger partial charge >= 0.3 is 0 Å². The molecule has 0 radical (unpaired) electrons. The molecule has 1 N–H and O–H groups in total. The number of aryl methyl sites for hydroxylation is 2. The fourth-order valence-corrected chi connectivity index (χ4v) is 3.67. The third-order valence-corrected chi connectivity index (χ3v) is 5.88. The van der Waals surface area contributed by atoms with Crippen molar-refractivity contribution in [3.63, 3.8) is 0 Å². The average molecular weight is 393 g/mol. The van der Waals surface area contributed by atoms with Crippen LogP contribution in [0.1, 0.15) is 71.0 Å². The van der Waals surface area contributed by atoms with Crippen molar-refractivity contribution >= 4 is 11.8 Å². The predicted octanol–water partition coefficient (Wildman–Crippen LogP) is 4.64. The maximum atomic E-state index is 12.8. The highest BCUT2D eigenvalue weighted by atomic mass is 16.2. The molecular weight excluding hydrogens is 360 g/mol. The van der Waals surface area contributed by atoms with Gasteiger partial charge in [-0.05, 0) is 73.1 Å². The lowest BCUT2D eigenvalue weighted by Crippen LogP contribution is -2.46. The van der Waals surface area contributed by atoms with Gasteiger partial charge in [-0.1, -0.05) is 39.0 Å². The summed E-state index contributed by atoms with van der Waals surface area (Å²) in [5.41, 5.74) is 5.05. The first-order chi connectivity index (χ1) is 13.6. The lowest BCUT2D eigenvalue weighted by molar-refractivity contribution is 0.0698. The van der Waals surface area contributed by atoms with E-state index in [-0.39, 0.29) is 23.3 Å². The molecule has 1 aliphatic rings. The van der Waals surface area contributed by atoms with Crippen LogP contribution in [0.4, 0.5) is 0 Å². The van der Waals surface area contributed by atoms with Crippen LogP contribution >= 0.6 is 0 Å². The Morgan fingerprint density at radius 2 is 1.48 bits per heavy atom. The van der Waals surface area contributed by atoms with Gasteiger partial charge in [-0.2, -0.15) is 0 Å². The summed E-state index contributed by atoms with van der Waals surface area (Å²) in [5, 5.41) is 3.13. The van der Waals surface area contributed by atoms with E-state index in [1.54, 1.807) is 0 Å². The smallest absolute Gasteiger partial charge is 0.253 e. The number of nitrogens with one attached hydrogen (secondary N) is 1. The molecule has 0 spiro atoms. The molecule has 3 rings (SSSR count). The number of rotatable bonds is 3. The van der Waals surface area contributed by atoms with Crippen LogP contribution in [0.2, 0.25) is 0 Å². The largest absolute Gasteiger partial charge is 0.349 e. The first kappa shape index (κ1) is 21.1. The van der Waals surface area contributed by atoms with E-state index in [1.807, 2.05) is 54.3 Å². The van der Waals surface area contributed by atoms with Crippen molar-refractivity contribution in [2.45, 2.75) is 58.9 Å². The van der Waals surface area contributed by atoms with E-state index in [9.17, 15) is 9.59 Å². The molecule has 2 aromatic rings. The molecule has 0 aliphatic carbocycles. The monoisotopic (exact) mass is 392 g/mol. The summed E-state index contributed by atoms with van der Waals surface area (Å²) < 4.78 is 0. The Morgan fingerprint density at radius 3 is 2.03 bits per heavy atom. The first-order valence-corrected chi connectivity index (χ1v) is 10.4. The van der Waals surface area contributed by atoms with E-state index >= 15 is 0 Å². The third-order valence-electron chi connectivity index (χ3n) is 5.88. The van der Waals surface area contributed by atoms with E-state index in [2.05, 4.69) is 33.0 Å². The van der Waals surface area contributed by atoms with Crippen LogP contribution in [-0.4, -0.2) is 35.8 Å². The van der Waals surface area contributed by atoms with E-state index in [0.29, 0.717) is 18.7 Å². The minimum absolute atomic E-state index is 0.0376. The van der Waals surface area contributed by atoms with Gasteiger partial charge in [0.15, 0.2) is 0 Å². The molecule has 0 atom stereocenters. The van der Waals surface area contributed by atoms with Crippen LogP contribution in [0, 0.1) is 13.8 Å². The highest BCUT2D eigenvalue weighted by Gasteiger charge is 2.25. The summed E-state index contributed by atoms with van der Waals surface area (Å²) in [5.74, 6) is 0.0417. The summed E-state index contributed by atoms with van der Waals surface area (Å²) in [7, 11) is 0. The summed E-state index contributed by atoms with van der Waals surface area (Å²) in [6.45, 7) is 11.9. The second-order valence-electron chi connectivity index (χ2n) is 9.17. The van der Waals surface area contributed by atoms with Gasteiger partial charge in [0, 0.05) is 30.3 Å². The number of piperidine rings is 1. The van der Waals surface area contributed by atoms with Crippen molar-refractivity contribution in [3.8, 4) is 0 Å². The number of hydrogen-bond acceptors (Lipinski definition) is 2. The van der Waals surface area contributed by atoms with Crippen molar-refractivity contribution in [3.05, 3.63) is 70.3 Å². The second kappa shape index (κ2) is 8.40. The molecule has 0 bridgehead atoms. The number of nitrogens with zero attached hydrogens (tertiary/aromatic N) is 1. The van der Waals surface area contributed by atoms with Gasteiger partial charge in [0.2, 0.25) is 0 Å². The zero-order valence-corrected chi connectivity index (χ0v) is 18.2.